The smallest absolute Gasteiger partial charge is 0.134 e. The Morgan fingerprint density at radius 2 is 2.05 bits per heavy atom. The number of aromatic nitrogens is 3. The number of halogens is 1. The van der Waals surface area contributed by atoms with Gasteiger partial charge >= 0.3 is 0 Å². The summed E-state index contributed by atoms with van der Waals surface area (Å²) in [6.45, 7) is 0. The Morgan fingerprint density at radius 1 is 1.24 bits per heavy atom. The zero-order chi connectivity index (χ0) is 14.7. The summed E-state index contributed by atoms with van der Waals surface area (Å²) in [5.74, 6) is 0. The van der Waals surface area contributed by atoms with Crippen molar-refractivity contribution in [2.75, 3.05) is 0 Å². The van der Waals surface area contributed by atoms with Crippen molar-refractivity contribution < 1.29 is 0 Å². The summed E-state index contributed by atoms with van der Waals surface area (Å²) >= 11 is 8.54. The fraction of sp³-hybridized carbons (Fsp3) is 0. The molecule has 2 aromatic heterocycles. The molecular formula is C14H7ClN4S2. The van der Waals surface area contributed by atoms with Crippen LogP contribution in [0.15, 0.2) is 35.0 Å². The van der Waals surface area contributed by atoms with Crippen LogP contribution in [0.4, 0.5) is 0 Å². The highest BCUT2D eigenvalue weighted by atomic mass is 35.5. The van der Waals surface area contributed by atoms with Crippen molar-refractivity contribution in [1.82, 2.24) is 14.6 Å². The molecule has 0 unspecified atom stereocenters. The number of benzene rings is 1. The zero-order valence-electron chi connectivity index (χ0n) is 10.5. The third kappa shape index (κ3) is 3.16. The van der Waals surface area contributed by atoms with Crippen LogP contribution in [0.3, 0.4) is 0 Å². The van der Waals surface area contributed by atoms with E-state index in [1.807, 2.05) is 29.6 Å². The Morgan fingerprint density at radius 3 is 2.71 bits per heavy atom. The second kappa shape index (κ2) is 6.14. The van der Waals surface area contributed by atoms with Crippen LogP contribution in [-0.2, 0) is 0 Å². The maximum absolute atomic E-state index is 9.28. The van der Waals surface area contributed by atoms with Crippen LogP contribution < -0.4 is 0 Å². The third-order valence-corrected chi connectivity index (χ3v) is 4.31. The van der Waals surface area contributed by atoms with Gasteiger partial charge in [-0.15, -0.1) is 16.4 Å². The topological polar surface area (TPSA) is 62.5 Å². The molecule has 0 N–H and O–H groups in total. The SMILES string of the molecule is N#CC(=Cc1csnn1)c1nc(-c2ccc(Cl)cc2)cs1. The van der Waals surface area contributed by atoms with E-state index in [1.165, 1.54) is 22.9 Å². The molecule has 0 atom stereocenters. The van der Waals surface area contributed by atoms with Crippen LogP contribution in [0.5, 0.6) is 0 Å². The average molecular weight is 331 g/mol. The molecule has 0 amide bonds. The van der Waals surface area contributed by atoms with Gasteiger partial charge in [0.15, 0.2) is 0 Å². The third-order valence-electron chi connectivity index (χ3n) is 2.66. The van der Waals surface area contributed by atoms with Crippen molar-refractivity contribution in [2.45, 2.75) is 0 Å². The molecule has 1 aromatic carbocycles. The van der Waals surface area contributed by atoms with Crippen LogP contribution in [-0.4, -0.2) is 14.6 Å². The molecule has 0 radical (unpaired) electrons. The highest BCUT2D eigenvalue weighted by Crippen LogP contribution is 2.27. The number of rotatable bonds is 3. The van der Waals surface area contributed by atoms with E-state index >= 15 is 0 Å². The fourth-order valence-electron chi connectivity index (χ4n) is 1.68. The minimum Gasteiger partial charge on any atom is -0.235 e. The standard InChI is InChI=1S/C14H7ClN4S2/c15-11-3-1-9(2-4-11)13-8-20-14(17-13)10(6-16)5-12-7-21-19-18-12/h1-5,7-8H. The Bertz CT molecular complexity index is 814. The quantitative estimate of drug-likeness (QED) is 0.668. The Balaban J connectivity index is 1.94. The van der Waals surface area contributed by atoms with Crippen LogP contribution in [0, 0.1) is 11.3 Å². The first kappa shape index (κ1) is 13.9. The van der Waals surface area contributed by atoms with Gasteiger partial charge in [-0.05, 0) is 29.7 Å². The lowest BCUT2D eigenvalue weighted by molar-refractivity contribution is 1.14. The first-order chi connectivity index (χ1) is 10.3. The molecule has 0 aliphatic heterocycles. The number of nitrogens with zero attached hydrogens (tertiary/aromatic N) is 4. The van der Waals surface area contributed by atoms with Crippen molar-refractivity contribution in [3.63, 3.8) is 0 Å². The van der Waals surface area contributed by atoms with E-state index in [9.17, 15) is 5.26 Å². The molecule has 0 saturated carbocycles. The van der Waals surface area contributed by atoms with E-state index in [0.717, 1.165) is 11.3 Å². The molecule has 0 aliphatic carbocycles. The van der Waals surface area contributed by atoms with E-state index in [2.05, 4.69) is 20.6 Å². The maximum Gasteiger partial charge on any atom is 0.134 e. The summed E-state index contributed by atoms with van der Waals surface area (Å²) in [7, 11) is 0. The number of allylic oxidation sites excluding steroid dienone is 1. The molecule has 21 heavy (non-hydrogen) atoms. The van der Waals surface area contributed by atoms with Gasteiger partial charge in [-0.1, -0.05) is 28.2 Å². The maximum atomic E-state index is 9.28. The summed E-state index contributed by atoms with van der Waals surface area (Å²) in [4.78, 5) is 4.50. The van der Waals surface area contributed by atoms with Crippen LogP contribution in [0.25, 0.3) is 22.9 Å². The van der Waals surface area contributed by atoms with Gasteiger partial charge in [0.1, 0.15) is 11.1 Å². The molecule has 3 aromatic rings. The first-order valence-electron chi connectivity index (χ1n) is 5.87. The van der Waals surface area contributed by atoms with E-state index in [4.69, 9.17) is 11.6 Å². The Hall–Kier alpha value is -2.07. The van der Waals surface area contributed by atoms with E-state index in [-0.39, 0.29) is 0 Å². The van der Waals surface area contributed by atoms with Crippen molar-refractivity contribution in [2.24, 2.45) is 0 Å². The molecular weight excluding hydrogens is 324 g/mol. The van der Waals surface area contributed by atoms with Crippen molar-refractivity contribution >= 4 is 46.1 Å². The normalized spacial score (nSPS) is 11.3. The predicted octanol–water partition coefficient (Wildman–Crippen LogP) is 4.38. The molecule has 3 rings (SSSR count). The fourth-order valence-corrected chi connectivity index (χ4v) is 3.01. The summed E-state index contributed by atoms with van der Waals surface area (Å²) in [6, 6.07) is 9.60. The number of hydrogen-bond donors (Lipinski definition) is 0. The van der Waals surface area contributed by atoms with Gasteiger partial charge in [0.25, 0.3) is 0 Å². The number of hydrogen-bond acceptors (Lipinski definition) is 6. The van der Waals surface area contributed by atoms with Crippen molar-refractivity contribution in [3.8, 4) is 17.3 Å². The van der Waals surface area contributed by atoms with Gasteiger partial charge in [0.05, 0.1) is 17.0 Å². The lowest BCUT2D eigenvalue weighted by Crippen LogP contribution is -1.83. The van der Waals surface area contributed by atoms with Crippen molar-refractivity contribution in [3.05, 3.63) is 50.7 Å². The van der Waals surface area contributed by atoms with Gasteiger partial charge in [0, 0.05) is 21.3 Å². The minimum atomic E-state index is 0.480. The summed E-state index contributed by atoms with van der Waals surface area (Å²) in [6.07, 6.45) is 1.69. The van der Waals surface area contributed by atoms with Gasteiger partial charge in [-0.25, -0.2) is 4.98 Å². The molecule has 0 saturated heterocycles. The molecule has 4 nitrogen and oxygen atoms in total. The van der Waals surface area contributed by atoms with Gasteiger partial charge in [-0.3, -0.25) is 0 Å². The lowest BCUT2D eigenvalue weighted by Gasteiger charge is -1.96. The summed E-state index contributed by atoms with van der Waals surface area (Å²) in [5.41, 5.74) is 2.94. The molecule has 2 heterocycles. The minimum absolute atomic E-state index is 0.480. The number of thiazole rings is 1. The lowest BCUT2D eigenvalue weighted by atomic mass is 10.2. The highest BCUT2D eigenvalue weighted by Gasteiger charge is 2.09. The largest absolute Gasteiger partial charge is 0.235 e. The molecule has 7 heteroatoms. The molecule has 102 valence electrons. The molecule has 0 aliphatic rings. The molecule has 0 bridgehead atoms. The van der Waals surface area contributed by atoms with E-state index < -0.39 is 0 Å². The summed E-state index contributed by atoms with van der Waals surface area (Å²) in [5, 5.41) is 18.2. The Kier molecular flexibility index (Phi) is 4.06. The predicted molar refractivity (Wildman–Crippen MR) is 86.0 cm³/mol. The molecule has 0 spiro atoms. The molecule has 0 fully saturated rings. The van der Waals surface area contributed by atoms with Gasteiger partial charge in [-0.2, -0.15) is 5.26 Å². The van der Waals surface area contributed by atoms with Crippen molar-refractivity contribution in [1.29, 1.82) is 5.26 Å². The van der Waals surface area contributed by atoms with E-state index in [0.29, 0.717) is 21.3 Å². The van der Waals surface area contributed by atoms with Gasteiger partial charge < -0.3 is 0 Å². The van der Waals surface area contributed by atoms with Gasteiger partial charge in [0.2, 0.25) is 0 Å². The van der Waals surface area contributed by atoms with Crippen LogP contribution in [0.2, 0.25) is 5.02 Å². The zero-order valence-corrected chi connectivity index (χ0v) is 12.9. The van der Waals surface area contributed by atoms with E-state index in [1.54, 1.807) is 11.5 Å². The first-order valence-corrected chi connectivity index (χ1v) is 7.96. The number of nitriles is 1. The monoisotopic (exact) mass is 330 g/mol. The van der Waals surface area contributed by atoms with Crippen LogP contribution in [0.1, 0.15) is 10.7 Å². The highest BCUT2D eigenvalue weighted by molar-refractivity contribution is 7.11. The Labute approximate surface area is 134 Å². The van der Waals surface area contributed by atoms with Crippen LogP contribution >= 0.6 is 34.5 Å². The second-order valence-corrected chi connectivity index (χ2v) is 5.95. The second-order valence-electron chi connectivity index (χ2n) is 4.04. The summed E-state index contributed by atoms with van der Waals surface area (Å²) < 4.78 is 3.77. The average Bonchev–Trinajstić information content (AvgIpc) is 3.17.